The summed E-state index contributed by atoms with van der Waals surface area (Å²) in [6.07, 6.45) is 3.83. The molecule has 0 aliphatic carbocycles. The van der Waals surface area contributed by atoms with E-state index < -0.39 is 5.97 Å². The van der Waals surface area contributed by atoms with Gasteiger partial charge in [-0.05, 0) is 12.1 Å². The molecule has 96 valence electrons. The summed E-state index contributed by atoms with van der Waals surface area (Å²) in [5, 5.41) is 21.8. The number of hydrogen-bond donors (Lipinski definition) is 1. The Morgan fingerprint density at radius 3 is 3.05 bits per heavy atom. The van der Waals surface area contributed by atoms with E-state index in [-0.39, 0.29) is 6.42 Å². The Kier molecular flexibility index (Phi) is 2.92. The summed E-state index contributed by atoms with van der Waals surface area (Å²) >= 11 is 1.35. The van der Waals surface area contributed by atoms with Gasteiger partial charge in [0.1, 0.15) is 5.01 Å². The van der Waals surface area contributed by atoms with E-state index in [0.29, 0.717) is 17.2 Å². The van der Waals surface area contributed by atoms with Crippen molar-refractivity contribution in [1.29, 1.82) is 0 Å². The number of rotatable bonds is 4. The van der Waals surface area contributed by atoms with Gasteiger partial charge in [-0.25, -0.2) is 0 Å². The zero-order chi connectivity index (χ0) is 13.2. The molecule has 8 heteroatoms. The zero-order valence-corrected chi connectivity index (χ0v) is 10.5. The second-order valence-corrected chi connectivity index (χ2v) is 4.89. The van der Waals surface area contributed by atoms with Crippen LogP contribution in [-0.4, -0.2) is 35.9 Å². The van der Waals surface area contributed by atoms with Crippen molar-refractivity contribution < 1.29 is 9.90 Å². The lowest BCUT2D eigenvalue weighted by Gasteiger charge is -1.94. The lowest BCUT2D eigenvalue weighted by molar-refractivity contribution is -0.136. The number of carbonyl (C=O) groups is 1. The molecule has 0 bridgehead atoms. The normalized spacial score (nSPS) is 10.9. The van der Waals surface area contributed by atoms with Crippen molar-refractivity contribution in [3.8, 4) is 11.4 Å². The first-order valence-electron chi connectivity index (χ1n) is 5.57. The molecule has 1 N–H and O–H groups in total. The average Bonchev–Trinajstić information content (AvgIpc) is 2.96. The number of pyridine rings is 1. The van der Waals surface area contributed by atoms with Gasteiger partial charge < -0.3 is 5.11 Å². The first kappa shape index (κ1) is 11.7. The molecule has 0 atom stereocenters. The number of aromatic nitrogens is 5. The third kappa shape index (κ3) is 2.29. The van der Waals surface area contributed by atoms with Gasteiger partial charge in [-0.15, -0.1) is 10.2 Å². The van der Waals surface area contributed by atoms with Crippen LogP contribution in [0.15, 0.2) is 24.5 Å². The van der Waals surface area contributed by atoms with Crippen LogP contribution in [0.4, 0.5) is 0 Å². The summed E-state index contributed by atoms with van der Waals surface area (Å²) < 4.78 is 1.62. The molecular formula is C11H9N5O2S. The van der Waals surface area contributed by atoms with Crippen LogP contribution >= 0.6 is 11.3 Å². The van der Waals surface area contributed by atoms with Gasteiger partial charge in [0.05, 0.1) is 6.42 Å². The standard InChI is InChI=1S/C11H9N5O2S/c17-9(18)4-3-8-15-16-10(13-14-11(16)19-8)7-2-1-5-12-6-7/h1-2,5-6H,3-4H2,(H,17,18). The highest BCUT2D eigenvalue weighted by Gasteiger charge is 2.13. The van der Waals surface area contributed by atoms with Gasteiger partial charge in [-0.1, -0.05) is 11.3 Å². The number of fused-ring (bicyclic) bond motifs is 1. The molecule has 3 rings (SSSR count). The maximum Gasteiger partial charge on any atom is 0.303 e. The lowest BCUT2D eigenvalue weighted by Crippen LogP contribution is -1.98. The molecule has 3 heterocycles. The van der Waals surface area contributed by atoms with Gasteiger partial charge in [-0.2, -0.15) is 9.61 Å². The number of aryl methyl sites for hydroxylation is 1. The number of hydrogen-bond acceptors (Lipinski definition) is 6. The summed E-state index contributed by atoms with van der Waals surface area (Å²) in [5.41, 5.74) is 0.824. The molecule has 0 spiro atoms. The molecule has 0 amide bonds. The van der Waals surface area contributed by atoms with E-state index >= 15 is 0 Å². The van der Waals surface area contributed by atoms with Gasteiger partial charge in [0.25, 0.3) is 0 Å². The maximum absolute atomic E-state index is 10.5. The van der Waals surface area contributed by atoms with Crippen molar-refractivity contribution in [3.05, 3.63) is 29.5 Å². The third-order valence-corrected chi connectivity index (χ3v) is 3.46. The van der Waals surface area contributed by atoms with E-state index in [9.17, 15) is 4.79 Å². The minimum absolute atomic E-state index is 0.0618. The van der Waals surface area contributed by atoms with Crippen LogP contribution in [0, 0.1) is 0 Å². The highest BCUT2D eigenvalue weighted by Crippen LogP contribution is 2.21. The monoisotopic (exact) mass is 275 g/mol. The van der Waals surface area contributed by atoms with Crippen LogP contribution in [0.3, 0.4) is 0 Å². The molecule has 0 aromatic carbocycles. The van der Waals surface area contributed by atoms with Gasteiger partial charge in [0, 0.05) is 24.4 Å². The first-order valence-corrected chi connectivity index (χ1v) is 6.39. The zero-order valence-electron chi connectivity index (χ0n) is 9.72. The van der Waals surface area contributed by atoms with Gasteiger partial charge in [0.2, 0.25) is 4.96 Å². The van der Waals surface area contributed by atoms with Crippen LogP contribution in [0.2, 0.25) is 0 Å². The van der Waals surface area contributed by atoms with E-state index in [1.165, 1.54) is 11.3 Å². The Morgan fingerprint density at radius 2 is 2.32 bits per heavy atom. The Labute approximate surface area is 111 Å². The molecule has 0 aliphatic rings. The van der Waals surface area contributed by atoms with Gasteiger partial charge in [-0.3, -0.25) is 9.78 Å². The Bertz CT molecular complexity index is 721. The Morgan fingerprint density at radius 1 is 1.42 bits per heavy atom. The SMILES string of the molecule is O=C(O)CCc1nn2c(-c3cccnc3)nnc2s1. The molecule has 0 saturated carbocycles. The average molecular weight is 275 g/mol. The smallest absolute Gasteiger partial charge is 0.303 e. The third-order valence-electron chi connectivity index (χ3n) is 2.51. The number of nitrogens with zero attached hydrogens (tertiary/aromatic N) is 5. The molecule has 0 unspecified atom stereocenters. The summed E-state index contributed by atoms with van der Waals surface area (Å²) in [7, 11) is 0. The predicted octanol–water partition coefficient (Wildman–Crippen LogP) is 1.26. The van der Waals surface area contributed by atoms with Crippen LogP contribution in [0.5, 0.6) is 0 Å². The van der Waals surface area contributed by atoms with Crippen molar-refractivity contribution in [1.82, 2.24) is 24.8 Å². The molecule has 3 aromatic rings. The molecule has 7 nitrogen and oxygen atoms in total. The van der Waals surface area contributed by atoms with E-state index in [1.54, 1.807) is 16.9 Å². The minimum Gasteiger partial charge on any atom is -0.481 e. The van der Waals surface area contributed by atoms with Crippen molar-refractivity contribution in [2.75, 3.05) is 0 Å². The highest BCUT2D eigenvalue weighted by molar-refractivity contribution is 7.16. The first-order chi connectivity index (χ1) is 9.24. The summed E-state index contributed by atoms with van der Waals surface area (Å²) in [5.74, 6) is -0.223. The van der Waals surface area contributed by atoms with Crippen LogP contribution in [0.25, 0.3) is 16.3 Å². The van der Waals surface area contributed by atoms with Crippen LogP contribution in [0.1, 0.15) is 11.4 Å². The van der Waals surface area contributed by atoms with Crippen LogP contribution in [-0.2, 0) is 11.2 Å². The molecule has 19 heavy (non-hydrogen) atoms. The van der Waals surface area contributed by atoms with E-state index in [4.69, 9.17) is 5.11 Å². The quantitative estimate of drug-likeness (QED) is 0.770. The molecule has 0 saturated heterocycles. The van der Waals surface area contributed by atoms with Crippen molar-refractivity contribution in [2.24, 2.45) is 0 Å². The fourth-order valence-electron chi connectivity index (χ4n) is 1.65. The minimum atomic E-state index is -0.835. The summed E-state index contributed by atoms with van der Waals surface area (Å²) in [4.78, 5) is 15.2. The van der Waals surface area contributed by atoms with Gasteiger partial charge >= 0.3 is 5.97 Å². The number of carboxylic acids is 1. The summed E-state index contributed by atoms with van der Waals surface area (Å²) in [6, 6.07) is 3.69. The Hall–Kier alpha value is -2.35. The summed E-state index contributed by atoms with van der Waals surface area (Å²) in [6.45, 7) is 0. The van der Waals surface area contributed by atoms with Crippen molar-refractivity contribution in [2.45, 2.75) is 12.8 Å². The largest absolute Gasteiger partial charge is 0.481 e. The second kappa shape index (κ2) is 4.73. The van der Waals surface area contributed by atoms with E-state index in [0.717, 1.165) is 10.6 Å². The second-order valence-electron chi connectivity index (χ2n) is 3.85. The molecule has 3 aromatic heterocycles. The van der Waals surface area contributed by atoms with E-state index in [1.807, 2.05) is 12.1 Å². The number of carboxylic acid groups (broad SMARTS) is 1. The van der Waals surface area contributed by atoms with Crippen molar-refractivity contribution in [3.63, 3.8) is 0 Å². The fraction of sp³-hybridized carbons (Fsp3) is 0.182. The molecule has 0 aliphatic heterocycles. The topological polar surface area (TPSA) is 93.3 Å². The number of aliphatic carboxylic acids is 1. The maximum atomic E-state index is 10.5. The van der Waals surface area contributed by atoms with Gasteiger partial charge in [0.15, 0.2) is 5.82 Å². The predicted molar refractivity (Wildman–Crippen MR) is 67.8 cm³/mol. The Balaban J connectivity index is 1.96. The molecule has 0 fully saturated rings. The molecule has 0 radical (unpaired) electrons. The van der Waals surface area contributed by atoms with E-state index in [2.05, 4.69) is 20.3 Å². The lowest BCUT2D eigenvalue weighted by atomic mass is 10.3. The fourth-order valence-corrected chi connectivity index (χ4v) is 2.48. The van der Waals surface area contributed by atoms with Crippen LogP contribution < -0.4 is 0 Å². The molecular weight excluding hydrogens is 266 g/mol. The van der Waals surface area contributed by atoms with Crippen molar-refractivity contribution >= 4 is 22.3 Å². The highest BCUT2D eigenvalue weighted by atomic mass is 32.1.